The molecule has 10 heterocycles. The number of hydrogen-bond acceptors (Lipinski definition) is 52. The Kier molecular flexibility index (Phi) is 34.9. The smallest absolute Gasteiger partial charge is 0.325 e. The maximum absolute atomic E-state index is 14.5. The second kappa shape index (κ2) is 44.1. The summed E-state index contributed by atoms with van der Waals surface area (Å²) in [5.41, 5.74) is -18.8. The van der Waals surface area contributed by atoms with Crippen LogP contribution < -0.4 is 72.8 Å². The van der Waals surface area contributed by atoms with Crippen LogP contribution in [0.5, 0.6) is 0 Å². The number of carbonyl (C=O) groups excluding carboxylic acids is 16. The fourth-order valence-electron chi connectivity index (χ4n) is 17.4. The first-order valence-electron chi connectivity index (χ1n) is 47.5. The molecule has 0 bridgehead atoms. The van der Waals surface area contributed by atoms with Gasteiger partial charge in [0.05, 0.1) is 44.3 Å². The summed E-state index contributed by atoms with van der Waals surface area (Å²) in [7, 11) is 0. The van der Waals surface area contributed by atoms with Crippen molar-refractivity contribution in [2.45, 2.75) is 280 Å². The van der Waals surface area contributed by atoms with Crippen LogP contribution in [-0.2, 0) is 153 Å². The average Bonchev–Trinajstić information content (AvgIpc) is 0.811. The highest BCUT2D eigenvalue weighted by atomic mass is 16.6. The molecule has 10 N–H and O–H groups in total. The van der Waals surface area contributed by atoms with Crippen LogP contribution in [-0.4, -0.2) is 385 Å². The second-order valence-corrected chi connectivity index (χ2v) is 44.6. The topological polar surface area (TPSA) is 631 Å². The molecule has 10 rings (SSSR count). The summed E-state index contributed by atoms with van der Waals surface area (Å²) >= 11 is 0. The fourth-order valence-corrected chi connectivity index (χ4v) is 17.4. The summed E-state index contributed by atoms with van der Waals surface area (Å²) in [6.45, 7) is 27.3. The zero-order valence-corrected chi connectivity index (χ0v) is 86.7. The number of rotatable bonds is 45. The maximum Gasteiger partial charge on any atom is 0.325 e. The minimum atomic E-state index is -1.21. The molecule has 52 heteroatoms. The predicted molar refractivity (Wildman–Crippen MR) is 504 cm³/mol. The molecule has 0 spiro atoms. The first-order chi connectivity index (χ1) is 66.5. The van der Waals surface area contributed by atoms with Crippen LogP contribution in [0.15, 0.2) is 0 Å². The van der Waals surface area contributed by atoms with Gasteiger partial charge in [-0.2, -0.15) is 29.9 Å². The molecule has 802 valence electrons. The minimum Gasteiger partial charge on any atom is -0.462 e. The standard InChI is InChI=1S/C92H142N20O32/c1-77(2)63(121)137-47-85(17,101-77)39-129-55(113)31-109(32-56(114)130-40-86(18)48-138-64(122)78(3,4)102-86)73-95-71(96-74(99-73)110(33-57(115)131-41-87(19)49-139-65(123)79(5,6)103-87)34-58(116)132-42-88(20)50-140-66(124)80(7,8)104-88)93-29-27-25-26-28-30-94-72-97-75(111(35-59(117)133-43-89(21)51-141-67(125)81(9,10)105-89)36-60(118)134-44-90(22)52-142-68(126)82(11,12)106-90)100-76(98-72)112(37-61(119)135-45-91(23)53-143-69(127)83(13,14)107-91)38-62(120)136-46-92(24)54-144-70(128)84(15,16)108-92/h101-108H,25-54H2,1-24H3,(H,93,95,96,99)(H,94,97,98,100). The van der Waals surface area contributed by atoms with Crippen molar-refractivity contribution in [2.24, 2.45) is 0 Å². The van der Waals surface area contributed by atoms with E-state index < -0.39 is 260 Å². The van der Waals surface area contributed by atoms with Gasteiger partial charge in [-0.1, -0.05) is 12.8 Å². The molecule has 0 aromatic carbocycles. The SMILES string of the molecule is CC1(COC(=O)CN(CC(=O)OCC2(C)COC(=O)C(C)(C)N2)c2nc(NCCCCCCNc3nc(N(CC(=O)OCC4(C)COC(=O)C(C)(C)N4)CC(=O)OCC4(C)COC(=O)C(C)(C)N4)nc(N(CC(=O)OCC4(C)COC(=O)C(C)(C)N4)CC(=O)OCC4(C)COC(=O)C(C)(C)N4)n3)nc(N(CC(=O)OCC3(C)COC(=O)C(C)(C)N3)CC(=O)OCC3(C)COC(=O)C(C)(C)N3)n2)COC(=O)C(C)(C)N1. The number of carbonyl (C=O) groups is 16. The lowest BCUT2D eigenvalue weighted by atomic mass is 9.94. The Morgan fingerprint density at radius 1 is 0.229 bits per heavy atom. The molecule has 8 fully saturated rings. The molecule has 0 amide bonds. The number of cyclic esters (lactones) is 8. The summed E-state index contributed by atoms with van der Waals surface area (Å²) in [6, 6.07) is 0. The van der Waals surface area contributed by atoms with E-state index in [0.29, 0.717) is 25.7 Å². The number of anilines is 6. The van der Waals surface area contributed by atoms with Crippen molar-refractivity contribution < 1.29 is 153 Å². The molecule has 2 aromatic heterocycles. The van der Waals surface area contributed by atoms with Gasteiger partial charge in [0, 0.05) is 13.1 Å². The van der Waals surface area contributed by atoms with Gasteiger partial charge in [-0.25, -0.2) is 0 Å². The Labute approximate surface area is 834 Å². The molecule has 144 heavy (non-hydrogen) atoms. The van der Waals surface area contributed by atoms with Gasteiger partial charge >= 0.3 is 95.5 Å². The Bertz CT molecular complexity index is 4330. The molecule has 0 saturated carbocycles. The zero-order valence-electron chi connectivity index (χ0n) is 86.7. The molecular formula is C92H142N20O32. The van der Waals surface area contributed by atoms with E-state index in [-0.39, 0.29) is 131 Å². The van der Waals surface area contributed by atoms with Gasteiger partial charge in [-0.15, -0.1) is 0 Å². The van der Waals surface area contributed by atoms with Gasteiger partial charge in [0.1, 0.15) is 202 Å². The quantitative estimate of drug-likeness (QED) is 0.0198. The van der Waals surface area contributed by atoms with Gasteiger partial charge < -0.3 is 106 Å². The van der Waals surface area contributed by atoms with Gasteiger partial charge in [0.15, 0.2) is 0 Å². The van der Waals surface area contributed by atoms with Gasteiger partial charge in [-0.05, 0) is 179 Å². The van der Waals surface area contributed by atoms with Crippen molar-refractivity contribution in [2.75, 3.05) is 201 Å². The largest absolute Gasteiger partial charge is 0.462 e. The number of hydrogen-bond donors (Lipinski definition) is 10. The van der Waals surface area contributed by atoms with Crippen molar-refractivity contribution in [3.63, 3.8) is 0 Å². The molecule has 8 aliphatic rings. The third kappa shape index (κ3) is 31.3. The van der Waals surface area contributed by atoms with Crippen molar-refractivity contribution in [1.29, 1.82) is 0 Å². The number of nitrogens with one attached hydrogen (secondary N) is 10. The lowest BCUT2D eigenvalue weighted by molar-refractivity contribution is -0.166. The van der Waals surface area contributed by atoms with E-state index in [1.54, 1.807) is 166 Å². The Morgan fingerprint density at radius 2 is 0.361 bits per heavy atom. The third-order valence-electron chi connectivity index (χ3n) is 24.2. The summed E-state index contributed by atoms with van der Waals surface area (Å²) in [5, 5.41) is 31.6. The van der Waals surface area contributed by atoms with Gasteiger partial charge in [0.25, 0.3) is 0 Å². The fraction of sp³-hybridized carbons (Fsp3) is 0.761. The Morgan fingerprint density at radius 3 is 0.486 bits per heavy atom. The van der Waals surface area contributed by atoms with Crippen LogP contribution in [0.25, 0.3) is 0 Å². The minimum absolute atomic E-state index is 0.0366. The lowest BCUT2D eigenvalue weighted by Crippen LogP contribution is -2.66. The Hall–Kier alpha value is -12.0. The lowest BCUT2D eigenvalue weighted by Gasteiger charge is -2.42. The normalized spacial score (nSPS) is 27.2. The molecule has 0 aliphatic carbocycles. The van der Waals surface area contributed by atoms with Crippen molar-refractivity contribution in [3.05, 3.63) is 0 Å². The highest BCUT2D eigenvalue weighted by Crippen LogP contribution is 2.32. The number of morpholine rings is 8. The van der Waals surface area contributed by atoms with E-state index in [4.69, 9.17) is 106 Å². The van der Waals surface area contributed by atoms with E-state index in [9.17, 15) is 76.7 Å². The summed E-state index contributed by atoms with van der Waals surface area (Å²) < 4.78 is 90.8. The third-order valence-corrected chi connectivity index (χ3v) is 24.2. The van der Waals surface area contributed by atoms with Crippen LogP contribution in [0, 0.1) is 0 Å². The monoisotopic (exact) mass is 2040 g/mol. The van der Waals surface area contributed by atoms with E-state index in [1.165, 1.54) is 0 Å². The summed E-state index contributed by atoms with van der Waals surface area (Å²) in [4.78, 5) is 251. The number of ether oxygens (including phenoxy) is 16. The van der Waals surface area contributed by atoms with Crippen LogP contribution in [0.1, 0.15) is 192 Å². The predicted octanol–water partition coefficient (Wildman–Crippen LogP) is -1.82. The number of esters is 16. The summed E-state index contributed by atoms with van der Waals surface area (Å²) in [6.07, 6.45) is 1.44. The molecule has 52 nitrogen and oxygen atoms in total. The summed E-state index contributed by atoms with van der Waals surface area (Å²) in [5.74, 6) is -14.6. The van der Waals surface area contributed by atoms with Crippen molar-refractivity contribution in [1.82, 2.24) is 72.4 Å². The van der Waals surface area contributed by atoms with E-state index >= 15 is 0 Å². The molecule has 8 saturated heterocycles. The molecule has 8 aliphatic heterocycles. The molecule has 0 radical (unpaired) electrons. The van der Waals surface area contributed by atoms with E-state index in [1.807, 2.05) is 0 Å². The molecule has 8 unspecified atom stereocenters. The highest BCUT2D eigenvalue weighted by Gasteiger charge is 2.53. The van der Waals surface area contributed by atoms with Gasteiger partial charge in [0.2, 0.25) is 35.7 Å². The number of aromatic nitrogens is 6. The molecular weight excluding hydrogens is 1900 g/mol. The van der Waals surface area contributed by atoms with Crippen LogP contribution >= 0.6 is 0 Å². The van der Waals surface area contributed by atoms with Crippen molar-refractivity contribution in [3.8, 4) is 0 Å². The zero-order chi connectivity index (χ0) is 107. The molecule has 8 atom stereocenters. The van der Waals surface area contributed by atoms with Crippen LogP contribution in [0.2, 0.25) is 0 Å². The number of unbranched alkanes of at least 4 members (excludes halogenated alkanes) is 3. The first-order valence-corrected chi connectivity index (χ1v) is 47.5. The number of nitrogens with zero attached hydrogens (tertiary/aromatic N) is 10. The van der Waals surface area contributed by atoms with E-state index in [2.05, 4.69) is 53.2 Å². The van der Waals surface area contributed by atoms with Crippen LogP contribution in [0.4, 0.5) is 35.7 Å². The van der Waals surface area contributed by atoms with Gasteiger partial charge in [-0.3, -0.25) is 119 Å². The first kappa shape index (κ1) is 114. The maximum atomic E-state index is 14.5. The van der Waals surface area contributed by atoms with E-state index in [0.717, 1.165) is 19.6 Å². The Balaban J connectivity index is 0.974. The highest BCUT2D eigenvalue weighted by molar-refractivity contribution is 5.88. The second-order valence-electron chi connectivity index (χ2n) is 44.6. The average molecular weight is 2040 g/mol. The van der Waals surface area contributed by atoms with Crippen molar-refractivity contribution >= 4 is 131 Å². The molecule has 2 aromatic rings. The van der Waals surface area contributed by atoms with Crippen LogP contribution in [0.3, 0.4) is 0 Å².